The van der Waals surface area contributed by atoms with Gasteiger partial charge in [-0.15, -0.1) is 0 Å². The predicted octanol–water partition coefficient (Wildman–Crippen LogP) is 1.18. The summed E-state index contributed by atoms with van der Waals surface area (Å²) in [6, 6.07) is 0. The van der Waals surface area contributed by atoms with Gasteiger partial charge in [0.05, 0.1) is 11.0 Å². The SMILES string of the molecule is Nc1ncc(Br)c(NCc2csc(=O)[nH]2)n1. The number of nitrogens with one attached hydrogen (secondary N) is 2. The smallest absolute Gasteiger partial charge is 0.304 e. The van der Waals surface area contributed by atoms with Crippen molar-refractivity contribution in [2.24, 2.45) is 0 Å². The number of H-pyrrole nitrogens is 1. The molecular weight excluding hydrogens is 294 g/mol. The monoisotopic (exact) mass is 301 g/mol. The number of anilines is 2. The number of thiazole rings is 1. The number of hydrogen-bond acceptors (Lipinski definition) is 6. The Kier molecular flexibility index (Phi) is 3.20. The van der Waals surface area contributed by atoms with Gasteiger partial charge in [-0.05, 0) is 15.9 Å². The van der Waals surface area contributed by atoms with Gasteiger partial charge in [-0.1, -0.05) is 11.3 Å². The molecule has 0 bridgehead atoms. The van der Waals surface area contributed by atoms with Crippen LogP contribution in [0, 0.1) is 0 Å². The highest BCUT2D eigenvalue weighted by atomic mass is 79.9. The van der Waals surface area contributed by atoms with Crippen LogP contribution < -0.4 is 15.9 Å². The molecular formula is C8H8BrN5OS. The van der Waals surface area contributed by atoms with Crippen LogP contribution in [0.4, 0.5) is 11.8 Å². The first kappa shape index (κ1) is 11.1. The summed E-state index contributed by atoms with van der Waals surface area (Å²) < 4.78 is 0.722. The van der Waals surface area contributed by atoms with Gasteiger partial charge in [-0.3, -0.25) is 4.79 Å². The zero-order chi connectivity index (χ0) is 11.5. The summed E-state index contributed by atoms with van der Waals surface area (Å²) in [5.41, 5.74) is 6.27. The molecule has 4 N–H and O–H groups in total. The van der Waals surface area contributed by atoms with E-state index in [2.05, 4.69) is 36.2 Å². The molecule has 2 heterocycles. The summed E-state index contributed by atoms with van der Waals surface area (Å²) in [6.07, 6.45) is 1.57. The van der Waals surface area contributed by atoms with E-state index in [1.54, 1.807) is 11.6 Å². The highest BCUT2D eigenvalue weighted by Gasteiger charge is 2.03. The second kappa shape index (κ2) is 4.62. The van der Waals surface area contributed by atoms with Crippen molar-refractivity contribution in [3.63, 3.8) is 0 Å². The molecule has 0 aliphatic rings. The molecule has 6 nitrogen and oxygen atoms in total. The van der Waals surface area contributed by atoms with E-state index in [9.17, 15) is 4.79 Å². The molecule has 0 aliphatic carbocycles. The van der Waals surface area contributed by atoms with Crippen LogP contribution in [0.5, 0.6) is 0 Å². The predicted molar refractivity (Wildman–Crippen MR) is 66.4 cm³/mol. The van der Waals surface area contributed by atoms with Crippen molar-refractivity contribution in [3.8, 4) is 0 Å². The third-order valence-corrected chi connectivity index (χ3v) is 3.08. The number of aromatic amines is 1. The van der Waals surface area contributed by atoms with E-state index in [-0.39, 0.29) is 10.8 Å². The fraction of sp³-hybridized carbons (Fsp3) is 0.125. The molecule has 2 aromatic rings. The highest BCUT2D eigenvalue weighted by Crippen LogP contribution is 2.19. The minimum atomic E-state index is -0.0712. The first-order valence-electron chi connectivity index (χ1n) is 4.34. The number of nitrogen functional groups attached to an aromatic ring is 1. The molecule has 0 unspecified atom stereocenters. The maximum absolute atomic E-state index is 10.9. The van der Waals surface area contributed by atoms with E-state index in [1.807, 2.05) is 0 Å². The number of rotatable bonds is 3. The van der Waals surface area contributed by atoms with Gasteiger partial charge in [0.15, 0.2) is 0 Å². The normalized spacial score (nSPS) is 10.3. The summed E-state index contributed by atoms with van der Waals surface area (Å²) in [4.78, 5) is 21.4. The van der Waals surface area contributed by atoms with Crippen molar-refractivity contribution in [2.75, 3.05) is 11.1 Å². The van der Waals surface area contributed by atoms with Crippen molar-refractivity contribution >= 4 is 39.0 Å². The van der Waals surface area contributed by atoms with Crippen molar-refractivity contribution in [3.05, 3.63) is 31.4 Å². The van der Waals surface area contributed by atoms with E-state index in [1.165, 1.54) is 0 Å². The molecule has 0 atom stereocenters. The molecule has 0 fully saturated rings. The van der Waals surface area contributed by atoms with Crippen LogP contribution in [0.25, 0.3) is 0 Å². The molecule has 0 saturated carbocycles. The lowest BCUT2D eigenvalue weighted by atomic mass is 10.4. The van der Waals surface area contributed by atoms with Gasteiger partial charge in [-0.2, -0.15) is 4.98 Å². The van der Waals surface area contributed by atoms with Crippen molar-refractivity contribution in [1.82, 2.24) is 15.0 Å². The lowest BCUT2D eigenvalue weighted by molar-refractivity contribution is 1.03. The lowest BCUT2D eigenvalue weighted by Gasteiger charge is -2.05. The average Bonchev–Trinajstić information content (AvgIpc) is 2.66. The van der Waals surface area contributed by atoms with E-state index >= 15 is 0 Å². The molecule has 0 spiro atoms. The molecule has 0 radical (unpaired) electrons. The first-order valence-corrected chi connectivity index (χ1v) is 6.01. The Morgan fingerprint density at radius 1 is 1.62 bits per heavy atom. The molecule has 0 saturated heterocycles. The van der Waals surface area contributed by atoms with Gasteiger partial charge in [0.2, 0.25) is 5.95 Å². The van der Waals surface area contributed by atoms with Crippen LogP contribution in [0.15, 0.2) is 20.8 Å². The molecule has 84 valence electrons. The minimum Gasteiger partial charge on any atom is -0.368 e. The average molecular weight is 302 g/mol. The Bertz CT molecular complexity index is 551. The highest BCUT2D eigenvalue weighted by molar-refractivity contribution is 9.10. The molecule has 8 heteroatoms. The maximum atomic E-state index is 10.9. The number of halogens is 1. The second-order valence-corrected chi connectivity index (χ2v) is 4.65. The Morgan fingerprint density at radius 2 is 2.44 bits per heavy atom. The standard InChI is InChI=1S/C8H8BrN5OS/c9-5-2-12-7(10)14-6(5)11-1-4-3-16-8(15)13-4/h2-3H,1H2,(H,13,15)(H3,10,11,12,14). The van der Waals surface area contributed by atoms with Crippen LogP contribution in [0.3, 0.4) is 0 Å². The zero-order valence-corrected chi connectivity index (χ0v) is 10.4. The Labute approximate surface area is 103 Å². The Balaban J connectivity index is 2.10. The molecule has 16 heavy (non-hydrogen) atoms. The minimum absolute atomic E-state index is 0.0712. The molecule has 2 aromatic heterocycles. The molecule has 0 amide bonds. The Morgan fingerprint density at radius 3 is 3.12 bits per heavy atom. The van der Waals surface area contributed by atoms with Gasteiger partial charge >= 0.3 is 4.87 Å². The topological polar surface area (TPSA) is 96.7 Å². The summed E-state index contributed by atoms with van der Waals surface area (Å²) in [7, 11) is 0. The molecule has 2 rings (SSSR count). The van der Waals surface area contributed by atoms with Crippen LogP contribution in [-0.2, 0) is 6.54 Å². The fourth-order valence-electron chi connectivity index (χ4n) is 1.08. The summed E-state index contributed by atoms with van der Waals surface area (Å²) in [5.74, 6) is 0.795. The summed E-state index contributed by atoms with van der Waals surface area (Å²) in [6.45, 7) is 0.480. The van der Waals surface area contributed by atoms with Gasteiger partial charge in [0, 0.05) is 17.3 Å². The Hall–Kier alpha value is -1.41. The third-order valence-electron chi connectivity index (χ3n) is 1.78. The van der Waals surface area contributed by atoms with Crippen LogP contribution >= 0.6 is 27.3 Å². The summed E-state index contributed by atoms with van der Waals surface area (Å²) >= 11 is 4.42. The fourth-order valence-corrected chi connectivity index (χ4v) is 2.00. The van der Waals surface area contributed by atoms with Crippen molar-refractivity contribution in [1.29, 1.82) is 0 Å². The quantitative estimate of drug-likeness (QED) is 0.791. The van der Waals surface area contributed by atoms with Gasteiger partial charge in [-0.25, -0.2) is 4.98 Å². The molecule has 0 aliphatic heterocycles. The van der Waals surface area contributed by atoms with Crippen molar-refractivity contribution in [2.45, 2.75) is 6.54 Å². The number of nitrogens with two attached hydrogens (primary N) is 1. The van der Waals surface area contributed by atoms with Crippen molar-refractivity contribution < 1.29 is 0 Å². The first-order chi connectivity index (χ1) is 7.65. The number of hydrogen-bond donors (Lipinski definition) is 3. The van der Waals surface area contributed by atoms with Gasteiger partial charge in [0.1, 0.15) is 5.82 Å². The van der Waals surface area contributed by atoms with E-state index in [0.717, 1.165) is 21.5 Å². The van der Waals surface area contributed by atoms with E-state index < -0.39 is 0 Å². The summed E-state index contributed by atoms with van der Waals surface area (Å²) in [5, 5.41) is 4.80. The van der Waals surface area contributed by atoms with Crippen LogP contribution in [0.2, 0.25) is 0 Å². The van der Waals surface area contributed by atoms with E-state index in [4.69, 9.17) is 5.73 Å². The molecule has 0 aromatic carbocycles. The maximum Gasteiger partial charge on any atom is 0.304 e. The third kappa shape index (κ3) is 2.58. The van der Waals surface area contributed by atoms with Crippen LogP contribution in [0.1, 0.15) is 5.69 Å². The van der Waals surface area contributed by atoms with Gasteiger partial charge in [0.25, 0.3) is 0 Å². The van der Waals surface area contributed by atoms with E-state index in [0.29, 0.717) is 12.4 Å². The lowest BCUT2D eigenvalue weighted by Crippen LogP contribution is -2.06. The second-order valence-electron chi connectivity index (χ2n) is 2.95. The zero-order valence-electron chi connectivity index (χ0n) is 8.03. The van der Waals surface area contributed by atoms with Crippen LogP contribution in [-0.4, -0.2) is 15.0 Å². The number of aromatic nitrogens is 3. The largest absolute Gasteiger partial charge is 0.368 e. The van der Waals surface area contributed by atoms with Gasteiger partial charge < -0.3 is 16.0 Å². The number of nitrogens with zero attached hydrogens (tertiary/aromatic N) is 2.